The van der Waals surface area contributed by atoms with Crippen molar-refractivity contribution >= 4 is 5.97 Å². The van der Waals surface area contributed by atoms with E-state index in [0.717, 1.165) is 12.1 Å². The highest BCUT2D eigenvalue weighted by Crippen LogP contribution is 2.33. The van der Waals surface area contributed by atoms with Gasteiger partial charge < -0.3 is 4.74 Å². The number of ether oxygens (including phenoxy) is 1. The van der Waals surface area contributed by atoms with Crippen molar-refractivity contribution in [3.63, 3.8) is 0 Å². The van der Waals surface area contributed by atoms with Crippen LogP contribution in [0.1, 0.15) is 35.3 Å². The van der Waals surface area contributed by atoms with Gasteiger partial charge >= 0.3 is 12.1 Å². The number of halogens is 3. The number of rotatable bonds is 3. The second-order valence-electron chi connectivity index (χ2n) is 4.46. The highest BCUT2D eigenvalue weighted by atomic mass is 19.4. The molecule has 0 atom stereocenters. The molecule has 0 heterocycles. The normalized spacial score (nSPS) is 11.7. The number of benzene rings is 1. The second-order valence-corrected chi connectivity index (χ2v) is 4.46. The van der Waals surface area contributed by atoms with Crippen molar-refractivity contribution in [1.29, 1.82) is 0 Å². The van der Waals surface area contributed by atoms with E-state index >= 15 is 0 Å². The summed E-state index contributed by atoms with van der Waals surface area (Å²) in [6, 6.07) is 3.33. The average molecular weight is 260 g/mol. The zero-order chi connectivity index (χ0) is 13.9. The van der Waals surface area contributed by atoms with E-state index in [1.54, 1.807) is 0 Å². The molecule has 0 saturated heterocycles. The maximum atomic E-state index is 12.8. The first-order valence-corrected chi connectivity index (χ1v) is 5.54. The molecule has 0 aliphatic carbocycles. The van der Waals surface area contributed by atoms with E-state index in [4.69, 9.17) is 0 Å². The fourth-order valence-corrected chi connectivity index (χ4v) is 1.72. The van der Waals surface area contributed by atoms with Gasteiger partial charge in [0.15, 0.2) is 0 Å². The Labute approximate surface area is 104 Å². The first-order valence-electron chi connectivity index (χ1n) is 5.54. The third-order valence-electron chi connectivity index (χ3n) is 2.46. The molecule has 0 fully saturated rings. The van der Waals surface area contributed by atoms with Gasteiger partial charge in [0.25, 0.3) is 0 Å². The minimum absolute atomic E-state index is 0.0685. The molecular formula is C13H15F3O2. The summed E-state index contributed by atoms with van der Waals surface area (Å²) >= 11 is 0. The van der Waals surface area contributed by atoms with Gasteiger partial charge in [0, 0.05) is 0 Å². The second kappa shape index (κ2) is 5.42. The topological polar surface area (TPSA) is 26.3 Å². The van der Waals surface area contributed by atoms with E-state index in [9.17, 15) is 18.0 Å². The first-order chi connectivity index (χ1) is 8.25. The van der Waals surface area contributed by atoms with Crippen LogP contribution in [0.15, 0.2) is 18.2 Å². The smallest absolute Gasteiger partial charge is 0.416 e. The molecule has 0 unspecified atom stereocenters. The maximum Gasteiger partial charge on any atom is 0.416 e. The highest BCUT2D eigenvalue weighted by Gasteiger charge is 2.33. The zero-order valence-electron chi connectivity index (χ0n) is 10.5. The van der Waals surface area contributed by atoms with Crippen molar-refractivity contribution in [1.82, 2.24) is 0 Å². The van der Waals surface area contributed by atoms with E-state index in [0.29, 0.717) is 0 Å². The molecule has 0 saturated carbocycles. The number of hydrogen-bond acceptors (Lipinski definition) is 2. The predicted octanol–water partition coefficient (Wildman–Crippen LogP) is 3.69. The lowest BCUT2D eigenvalue weighted by molar-refractivity contribution is -0.138. The van der Waals surface area contributed by atoms with Gasteiger partial charge in [-0.1, -0.05) is 13.8 Å². The van der Waals surface area contributed by atoms with E-state index in [1.807, 2.05) is 13.8 Å². The Kier molecular flexibility index (Phi) is 4.38. The monoisotopic (exact) mass is 260 g/mol. The summed E-state index contributed by atoms with van der Waals surface area (Å²) in [4.78, 5) is 11.3. The SMILES string of the molecule is COC(=O)c1ccc(C(F)(F)F)c(CC(C)C)c1. The van der Waals surface area contributed by atoms with Crippen LogP contribution in [0.25, 0.3) is 0 Å². The Hall–Kier alpha value is -1.52. The van der Waals surface area contributed by atoms with Crippen molar-refractivity contribution in [3.8, 4) is 0 Å². The third-order valence-corrected chi connectivity index (χ3v) is 2.46. The van der Waals surface area contributed by atoms with E-state index in [2.05, 4.69) is 4.74 Å². The van der Waals surface area contributed by atoms with Crippen molar-refractivity contribution in [2.24, 2.45) is 5.92 Å². The van der Waals surface area contributed by atoms with Gasteiger partial charge in [-0.2, -0.15) is 13.2 Å². The van der Waals surface area contributed by atoms with Gasteiger partial charge in [-0.15, -0.1) is 0 Å². The van der Waals surface area contributed by atoms with E-state index in [1.165, 1.54) is 13.2 Å². The molecule has 0 spiro atoms. The Morgan fingerprint density at radius 2 is 1.94 bits per heavy atom. The standard InChI is InChI=1S/C13H15F3O2/c1-8(2)6-10-7-9(12(17)18-3)4-5-11(10)13(14,15)16/h4-5,7-8H,6H2,1-3H3. The molecule has 0 aromatic heterocycles. The quantitative estimate of drug-likeness (QED) is 0.775. The first kappa shape index (κ1) is 14.5. The predicted molar refractivity (Wildman–Crippen MR) is 61.3 cm³/mol. The molecule has 100 valence electrons. The molecule has 0 N–H and O–H groups in total. The molecule has 1 rings (SSSR count). The van der Waals surface area contributed by atoms with Crippen LogP contribution in [0.5, 0.6) is 0 Å². The minimum Gasteiger partial charge on any atom is -0.465 e. The summed E-state index contributed by atoms with van der Waals surface area (Å²) in [5, 5.41) is 0. The number of methoxy groups -OCH3 is 1. The van der Waals surface area contributed by atoms with Crippen LogP contribution < -0.4 is 0 Å². The van der Waals surface area contributed by atoms with Gasteiger partial charge in [0.05, 0.1) is 18.2 Å². The Morgan fingerprint density at radius 1 is 1.33 bits per heavy atom. The Balaban J connectivity index is 3.25. The number of esters is 1. The minimum atomic E-state index is -4.40. The average Bonchev–Trinajstić information content (AvgIpc) is 2.25. The van der Waals surface area contributed by atoms with Crippen LogP contribution in [0.3, 0.4) is 0 Å². The molecule has 1 aromatic rings. The lowest BCUT2D eigenvalue weighted by atomic mass is 9.95. The van der Waals surface area contributed by atoms with Gasteiger partial charge in [0.2, 0.25) is 0 Å². The maximum absolute atomic E-state index is 12.8. The summed E-state index contributed by atoms with van der Waals surface area (Å²) < 4.78 is 42.9. The van der Waals surface area contributed by atoms with Gasteiger partial charge in [0.1, 0.15) is 0 Å². The molecule has 0 radical (unpaired) electrons. The molecule has 0 aliphatic rings. The van der Waals surface area contributed by atoms with Gasteiger partial charge in [-0.25, -0.2) is 4.79 Å². The fraction of sp³-hybridized carbons (Fsp3) is 0.462. The Bertz CT molecular complexity index is 436. The van der Waals surface area contributed by atoms with Crippen molar-refractivity contribution in [3.05, 3.63) is 34.9 Å². The molecule has 18 heavy (non-hydrogen) atoms. The molecule has 1 aromatic carbocycles. The van der Waals surface area contributed by atoms with Crippen LogP contribution in [0, 0.1) is 5.92 Å². The molecule has 0 bridgehead atoms. The molecule has 0 amide bonds. The fourth-order valence-electron chi connectivity index (χ4n) is 1.72. The van der Waals surface area contributed by atoms with Gasteiger partial charge in [-0.05, 0) is 36.1 Å². The lowest BCUT2D eigenvalue weighted by Crippen LogP contribution is -2.12. The summed E-state index contributed by atoms with van der Waals surface area (Å²) in [5.74, 6) is -0.562. The van der Waals surface area contributed by atoms with Crippen LogP contribution >= 0.6 is 0 Å². The van der Waals surface area contributed by atoms with Crippen LogP contribution in [-0.2, 0) is 17.3 Å². The largest absolute Gasteiger partial charge is 0.465 e. The molecule has 2 nitrogen and oxygen atoms in total. The summed E-state index contributed by atoms with van der Waals surface area (Å²) in [6.45, 7) is 3.65. The van der Waals surface area contributed by atoms with Crippen LogP contribution in [0.4, 0.5) is 13.2 Å². The van der Waals surface area contributed by atoms with Crippen molar-refractivity contribution < 1.29 is 22.7 Å². The summed E-state index contributed by atoms with van der Waals surface area (Å²) in [5.41, 5.74) is -0.426. The van der Waals surface area contributed by atoms with Crippen LogP contribution in [-0.4, -0.2) is 13.1 Å². The van der Waals surface area contributed by atoms with Crippen LogP contribution in [0.2, 0.25) is 0 Å². The number of carbonyl (C=O) groups is 1. The highest BCUT2D eigenvalue weighted by molar-refractivity contribution is 5.89. The Morgan fingerprint density at radius 3 is 2.39 bits per heavy atom. The number of alkyl halides is 3. The molecular weight excluding hydrogens is 245 g/mol. The van der Waals surface area contributed by atoms with E-state index in [-0.39, 0.29) is 23.5 Å². The van der Waals surface area contributed by atoms with E-state index < -0.39 is 17.7 Å². The summed E-state index contributed by atoms with van der Waals surface area (Å²) in [6.07, 6.45) is -4.14. The number of hydrogen-bond donors (Lipinski definition) is 0. The van der Waals surface area contributed by atoms with Gasteiger partial charge in [-0.3, -0.25) is 0 Å². The zero-order valence-corrected chi connectivity index (χ0v) is 10.5. The molecule has 0 aliphatic heterocycles. The molecule has 5 heteroatoms. The van der Waals surface area contributed by atoms with Crippen molar-refractivity contribution in [2.75, 3.05) is 7.11 Å². The third kappa shape index (κ3) is 3.48. The number of carbonyl (C=O) groups excluding carboxylic acids is 1. The summed E-state index contributed by atoms with van der Waals surface area (Å²) in [7, 11) is 1.20. The lowest BCUT2D eigenvalue weighted by Gasteiger charge is -2.15. The van der Waals surface area contributed by atoms with Crippen molar-refractivity contribution in [2.45, 2.75) is 26.4 Å².